The number of phenolic OH excluding ortho intramolecular Hbond substituents is 1. The van der Waals surface area contributed by atoms with Crippen LogP contribution in [0.2, 0.25) is 0 Å². The van der Waals surface area contributed by atoms with Crippen molar-refractivity contribution in [2.45, 2.75) is 13.8 Å². The molecule has 0 heterocycles. The Bertz CT molecular complexity index is 1040. The van der Waals surface area contributed by atoms with Crippen molar-refractivity contribution < 1.29 is 5.11 Å². The van der Waals surface area contributed by atoms with Crippen LogP contribution in [-0.2, 0) is 0 Å². The van der Waals surface area contributed by atoms with E-state index in [9.17, 15) is 5.11 Å². The van der Waals surface area contributed by atoms with E-state index in [4.69, 9.17) is 0 Å². The molecule has 0 aliphatic rings. The molecule has 0 radical (unpaired) electrons. The summed E-state index contributed by atoms with van der Waals surface area (Å²) in [4.78, 5) is 0. The highest BCUT2D eigenvalue weighted by molar-refractivity contribution is 6.09. The first-order valence-electron chi connectivity index (χ1n) is 7.87. The van der Waals surface area contributed by atoms with Crippen LogP contribution in [0.1, 0.15) is 11.1 Å². The number of rotatable bonds is 1. The first-order chi connectivity index (χ1) is 11.2. The molecule has 0 saturated heterocycles. The van der Waals surface area contributed by atoms with E-state index >= 15 is 0 Å². The fourth-order valence-electron chi connectivity index (χ4n) is 3.44. The smallest absolute Gasteiger partial charge is 0.127 e. The maximum atomic E-state index is 10.9. The third-order valence-corrected chi connectivity index (χ3v) is 4.81. The molecule has 0 bridgehead atoms. The van der Waals surface area contributed by atoms with Gasteiger partial charge in [0.1, 0.15) is 5.75 Å². The SMILES string of the molecule is Cc1c(O)c(-c2cccc3ccccc23)c2ccccc2c1C. The molecule has 4 aromatic rings. The second-order valence-corrected chi connectivity index (χ2v) is 6.05. The van der Waals surface area contributed by atoms with E-state index in [0.717, 1.165) is 27.6 Å². The van der Waals surface area contributed by atoms with E-state index in [-0.39, 0.29) is 0 Å². The number of hydrogen-bond acceptors (Lipinski definition) is 1. The van der Waals surface area contributed by atoms with Crippen LogP contribution in [0, 0.1) is 13.8 Å². The van der Waals surface area contributed by atoms with Crippen molar-refractivity contribution >= 4 is 21.5 Å². The van der Waals surface area contributed by atoms with Gasteiger partial charge in [-0.05, 0) is 52.1 Å². The fraction of sp³-hybridized carbons (Fsp3) is 0.0909. The van der Waals surface area contributed by atoms with Crippen molar-refractivity contribution in [2.24, 2.45) is 0 Å². The molecule has 0 aliphatic heterocycles. The predicted octanol–water partition coefficient (Wildman–Crippen LogP) is 5.98. The highest BCUT2D eigenvalue weighted by Gasteiger charge is 2.16. The summed E-state index contributed by atoms with van der Waals surface area (Å²) < 4.78 is 0. The second-order valence-electron chi connectivity index (χ2n) is 6.05. The molecule has 1 heteroatoms. The molecule has 0 atom stereocenters. The van der Waals surface area contributed by atoms with Gasteiger partial charge < -0.3 is 5.11 Å². The van der Waals surface area contributed by atoms with E-state index < -0.39 is 0 Å². The van der Waals surface area contributed by atoms with Crippen LogP contribution in [0.25, 0.3) is 32.7 Å². The average Bonchev–Trinajstić information content (AvgIpc) is 2.60. The molecule has 0 spiro atoms. The second kappa shape index (κ2) is 5.13. The summed E-state index contributed by atoms with van der Waals surface area (Å²) in [6, 6.07) is 22.9. The zero-order chi connectivity index (χ0) is 16.0. The van der Waals surface area contributed by atoms with Crippen molar-refractivity contribution in [1.29, 1.82) is 0 Å². The summed E-state index contributed by atoms with van der Waals surface area (Å²) in [6.45, 7) is 4.07. The molecule has 4 rings (SSSR count). The molecule has 23 heavy (non-hydrogen) atoms. The van der Waals surface area contributed by atoms with E-state index in [1.165, 1.54) is 16.2 Å². The number of aryl methyl sites for hydroxylation is 1. The normalized spacial score (nSPS) is 11.2. The van der Waals surface area contributed by atoms with E-state index in [1.54, 1.807) is 0 Å². The van der Waals surface area contributed by atoms with Gasteiger partial charge in [-0.1, -0.05) is 66.7 Å². The van der Waals surface area contributed by atoms with Gasteiger partial charge in [0.05, 0.1) is 0 Å². The van der Waals surface area contributed by atoms with Crippen molar-refractivity contribution in [2.75, 3.05) is 0 Å². The fourth-order valence-corrected chi connectivity index (χ4v) is 3.44. The van der Waals surface area contributed by atoms with Gasteiger partial charge in [-0.2, -0.15) is 0 Å². The molecule has 4 aromatic carbocycles. The zero-order valence-corrected chi connectivity index (χ0v) is 13.3. The van der Waals surface area contributed by atoms with Gasteiger partial charge >= 0.3 is 0 Å². The summed E-state index contributed by atoms with van der Waals surface area (Å²) in [5.74, 6) is 0.387. The highest BCUT2D eigenvalue weighted by Crippen LogP contribution is 2.43. The van der Waals surface area contributed by atoms with Gasteiger partial charge in [0.2, 0.25) is 0 Å². The number of phenols is 1. The van der Waals surface area contributed by atoms with Crippen molar-refractivity contribution in [3.8, 4) is 16.9 Å². The molecule has 0 aliphatic carbocycles. The van der Waals surface area contributed by atoms with Gasteiger partial charge in [0, 0.05) is 5.56 Å². The molecule has 1 nitrogen and oxygen atoms in total. The van der Waals surface area contributed by atoms with Crippen LogP contribution in [0.3, 0.4) is 0 Å². The van der Waals surface area contributed by atoms with E-state index in [0.29, 0.717) is 5.75 Å². The Kier molecular flexibility index (Phi) is 3.09. The molecule has 112 valence electrons. The third kappa shape index (κ3) is 2.01. The largest absolute Gasteiger partial charge is 0.507 e. The van der Waals surface area contributed by atoms with Gasteiger partial charge in [0.15, 0.2) is 0 Å². The molecule has 1 N–H and O–H groups in total. The Morgan fingerprint density at radius 1 is 0.609 bits per heavy atom. The monoisotopic (exact) mass is 298 g/mol. The quantitative estimate of drug-likeness (QED) is 0.458. The number of fused-ring (bicyclic) bond motifs is 2. The first kappa shape index (κ1) is 13.8. The molecule has 0 aromatic heterocycles. The summed E-state index contributed by atoms with van der Waals surface area (Å²) in [7, 11) is 0. The Morgan fingerprint density at radius 3 is 2.00 bits per heavy atom. The van der Waals surface area contributed by atoms with Crippen LogP contribution in [0.4, 0.5) is 0 Å². The topological polar surface area (TPSA) is 20.2 Å². The van der Waals surface area contributed by atoms with Crippen LogP contribution in [-0.4, -0.2) is 5.11 Å². The molecular weight excluding hydrogens is 280 g/mol. The van der Waals surface area contributed by atoms with E-state index in [1.807, 2.05) is 25.1 Å². The molecule has 0 unspecified atom stereocenters. The molecular formula is C22H18O. The maximum Gasteiger partial charge on any atom is 0.127 e. The minimum atomic E-state index is 0.387. The summed E-state index contributed by atoms with van der Waals surface area (Å²) in [5, 5.41) is 15.5. The maximum absolute atomic E-state index is 10.9. The van der Waals surface area contributed by atoms with E-state index in [2.05, 4.69) is 55.5 Å². The third-order valence-electron chi connectivity index (χ3n) is 4.81. The van der Waals surface area contributed by atoms with Gasteiger partial charge in [-0.3, -0.25) is 0 Å². The lowest BCUT2D eigenvalue weighted by Crippen LogP contribution is -1.91. The molecule has 0 fully saturated rings. The summed E-state index contributed by atoms with van der Waals surface area (Å²) >= 11 is 0. The lowest BCUT2D eigenvalue weighted by atomic mass is 9.89. The Hall–Kier alpha value is -2.80. The van der Waals surface area contributed by atoms with Crippen molar-refractivity contribution in [3.63, 3.8) is 0 Å². The van der Waals surface area contributed by atoms with Crippen LogP contribution in [0.5, 0.6) is 5.75 Å². The number of hydrogen-bond donors (Lipinski definition) is 1. The lowest BCUT2D eigenvalue weighted by molar-refractivity contribution is 0.473. The number of benzene rings is 4. The van der Waals surface area contributed by atoms with Gasteiger partial charge in [-0.15, -0.1) is 0 Å². The van der Waals surface area contributed by atoms with Gasteiger partial charge in [-0.25, -0.2) is 0 Å². The Morgan fingerprint density at radius 2 is 1.22 bits per heavy atom. The molecule has 0 amide bonds. The average molecular weight is 298 g/mol. The lowest BCUT2D eigenvalue weighted by Gasteiger charge is -2.17. The van der Waals surface area contributed by atoms with Crippen molar-refractivity contribution in [3.05, 3.63) is 77.9 Å². The summed E-state index contributed by atoms with van der Waals surface area (Å²) in [5.41, 5.74) is 4.11. The van der Waals surface area contributed by atoms with Crippen molar-refractivity contribution in [1.82, 2.24) is 0 Å². The zero-order valence-electron chi connectivity index (χ0n) is 13.3. The Balaban J connectivity index is 2.21. The number of aromatic hydroxyl groups is 1. The first-order valence-corrected chi connectivity index (χ1v) is 7.87. The van der Waals surface area contributed by atoms with Crippen LogP contribution >= 0.6 is 0 Å². The summed E-state index contributed by atoms with van der Waals surface area (Å²) in [6.07, 6.45) is 0. The van der Waals surface area contributed by atoms with Crippen LogP contribution < -0.4 is 0 Å². The van der Waals surface area contributed by atoms with Gasteiger partial charge in [0.25, 0.3) is 0 Å². The Labute approximate surface area is 135 Å². The predicted molar refractivity (Wildman–Crippen MR) is 98.0 cm³/mol. The minimum absolute atomic E-state index is 0.387. The standard InChI is InChI=1S/C22H18O/c1-14-15(2)22(23)21(19-12-6-5-10-17(14)19)20-13-7-9-16-8-3-4-11-18(16)20/h3-13,23H,1-2H3. The van der Waals surface area contributed by atoms with Crippen LogP contribution in [0.15, 0.2) is 66.7 Å². The molecule has 0 saturated carbocycles. The highest BCUT2D eigenvalue weighted by atomic mass is 16.3. The minimum Gasteiger partial charge on any atom is -0.507 e.